The highest BCUT2D eigenvalue weighted by Gasteiger charge is 2.23. The Balaban J connectivity index is 1.61. The zero-order chi connectivity index (χ0) is 18.7. The molecule has 6 nitrogen and oxygen atoms in total. The fourth-order valence-corrected chi connectivity index (χ4v) is 3.21. The van der Waals surface area contributed by atoms with Crippen molar-refractivity contribution in [1.82, 2.24) is 10.5 Å². The van der Waals surface area contributed by atoms with Gasteiger partial charge in [0.25, 0.3) is 5.91 Å². The van der Waals surface area contributed by atoms with Gasteiger partial charge in [0.1, 0.15) is 5.76 Å². The summed E-state index contributed by atoms with van der Waals surface area (Å²) >= 11 is 0. The monoisotopic (exact) mass is 355 g/mol. The molecule has 0 fully saturated rings. The molecule has 3 rings (SSSR count). The van der Waals surface area contributed by atoms with Crippen LogP contribution in [0, 0.1) is 5.92 Å². The maximum absolute atomic E-state index is 12.2. The Morgan fingerprint density at radius 1 is 1.31 bits per heavy atom. The van der Waals surface area contributed by atoms with Crippen LogP contribution in [0.15, 0.2) is 28.8 Å². The number of amides is 2. The van der Waals surface area contributed by atoms with E-state index in [0.717, 1.165) is 42.0 Å². The second kappa shape index (κ2) is 7.72. The molecule has 0 spiro atoms. The lowest BCUT2D eigenvalue weighted by Gasteiger charge is -2.16. The summed E-state index contributed by atoms with van der Waals surface area (Å²) < 4.78 is 5.21. The molecule has 138 valence electrons. The van der Waals surface area contributed by atoms with Gasteiger partial charge in [-0.05, 0) is 29.5 Å². The molecule has 0 aliphatic carbocycles. The number of nitrogens with one attached hydrogen (secondary N) is 1. The van der Waals surface area contributed by atoms with Gasteiger partial charge in [0.2, 0.25) is 5.91 Å². The predicted molar refractivity (Wildman–Crippen MR) is 99.0 cm³/mol. The van der Waals surface area contributed by atoms with Crippen LogP contribution < -0.4 is 10.2 Å². The van der Waals surface area contributed by atoms with E-state index >= 15 is 0 Å². The molecular formula is C20H25N3O3. The normalized spacial score (nSPS) is 13.2. The zero-order valence-electron chi connectivity index (χ0n) is 15.5. The van der Waals surface area contributed by atoms with Gasteiger partial charge < -0.3 is 14.7 Å². The van der Waals surface area contributed by atoms with Gasteiger partial charge in [-0.3, -0.25) is 9.59 Å². The zero-order valence-corrected chi connectivity index (χ0v) is 15.5. The van der Waals surface area contributed by atoms with Crippen LogP contribution in [0.1, 0.15) is 54.6 Å². The van der Waals surface area contributed by atoms with E-state index in [1.165, 1.54) is 0 Å². The van der Waals surface area contributed by atoms with Crippen molar-refractivity contribution < 1.29 is 14.1 Å². The van der Waals surface area contributed by atoms with E-state index in [9.17, 15) is 9.59 Å². The van der Waals surface area contributed by atoms with E-state index in [1.54, 1.807) is 6.07 Å². The fourth-order valence-electron chi connectivity index (χ4n) is 3.21. The Hall–Kier alpha value is -2.63. The van der Waals surface area contributed by atoms with Gasteiger partial charge >= 0.3 is 0 Å². The van der Waals surface area contributed by atoms with Crippen molar-refractivity contribution in [3.05, 3.63) is 46.8 Å². The molecule has 2 amide bonds. The molecule has 1 aliphatic rings. The molecular weight excluding hydrogens is 330 g/mol. The molecule has 0 bridgehead atoms. The number of anilines is 1. The number of rotatable bonds is 6. The lowest BCUT2D eigenvalue weighted by Crippen LogP contribution is -2.27. The summed E-state index contributed by atoms with van der Waals surface area (Å²) in [6.45, 7) is 7.20. The van der Waals surface area contributed by atoms with Gasteiger partial charge in [0, 0.05) is 37.7 Å². The standard InChI is InChI=1S/C20H25N3O3/c1-4-19(24)23-8-7-15-10-14(5-6-18(15)23)12-21-20(25)17-11-16(26-22-17)9-13(2)3/h5-6,10-11,13H,4,7-9,12H2,1-3H3,(H,21,25). The first-order valence-corrected chi connectivity index (χ1v) is 9.14. The Morgan fingerprint density at radius 3 is 2.85 bits per heavy atom. The number of aromatic nitrogens is 1. The molecule has 26 heavy (non-hydrogen) atoms. The molecule has 0 atom stereocenters. The minimum atomic E-state index is -0.243. The van der Waals surface area contributed by atoms with E-state index in [2.05, 4.69) is 30.4 Å². The minimum absolute atomic E-state index is 0.146. The third kappa shape index (κ3) is 3.95. The topological polar surface area (TPSA) is 75.4 Å². The summed E-state index contributed by atoms with van der Waals surface area (Å²) in [5.74, 6) is 1.08. The number of carbonyl (C=O) groups is 2. The molecule has 0 saturated carbocycles. The Labute approximate surface area is 153 Å². The van der Waals surface area contributed by atoms with Crippen LogP contribution in [0.2, 0.25) is 0 Å². The first-order chi connectivity index (χ1) is 12.5. The average Bonchev–Trinajstić information content (AvgIpc) is 3.25. The third-order valence-corrected chi connectivity index (χ3v) is 4.50. The maximum Gasteiger partial charge on any atom is 0.273 e. The molecule has 0 unspecified atom stereocenters. The summed E-state index contributed by atoms with van der Waals surface area (Å²) in [5.41, 5.74) is 3.45. The summed E-state index contributed by atoms with van der Waals surface area (Å²) in [6.07, 6.45) is 2.12. The summed E-state index contributed by atoms with van der Waals surface area (Å²) in [6, 6.07) is 7.68. The van der Waals surface area contributed by atoms with Crippen molar-refractivity contribution in [3.8, 4) is 0 Å². The highest BCUT2D eigenvalue weighted by atomic mass is 16.5. The molecule has 1 aliphatic heterocycles. The van der Waals surface area contributed by atoms with Crippen LogP contribution in [0.5, 0.6) is 0 Å². The van der Waals surface area contributed by atoms with Gasteiger partial charge in [-0.25, -0.2) is 0 Å². The smallest absolute Gasteiger partial charge is 0.273 e. The number of benzene rings is 1. The number of fused-ring (bicyclic) bond motifs is 1. The summed E-state index contributed by atoms with van der Waals surface area (Å²) in [4.78, 5) is 26.0. The van der Waals surface area contributed by atoms with E-state index in [1.807, 2.05) is 24.0 Å². The third-order valence-electron chi connectivity index (χ3n) is 4.50. The molecule has 2 heterocycles. The van der Waals surface area contributed by atoms with Crippen molar-refractivity contribution in [1.29, 1.82) is 0 Å². The Morgan fingerprint density at radius 2 is 2.12 bits per heavy atom. The second-order valence-electron chi connectivity index (χ2n) is 7.07. The molecule has 1 aromatic carbocycles. The van der Waals surface area contributed by atoms with Crippen LogP contribution in [-0.4, -0.2) is 23.5 Å². The van der Waals surface area contributed by atoms with Gasteiger partial charge in [-0.2, -0.15) is 0 Å². The SMILES string of the molecule is CCC(=O)N1CCc2cc(CNC(=O)c3cc(CC(C)C)on3)ccc21. The summed E-state index contributed by atoms with van der Waals surface area (Å²) in [5, 5.41) is 6.72. The molecule has 2 aromatic rings. The summed E-state index contributed by atoms with van der Waals surface area (Å²) in [7, 11) is 0. The van der Waals surface area contributed by atoms with E-state index in [4.69, 9.17) is 4.52 Å². The van der Waals surface area contributed by atoms with E-state index < -0.39 is 0 Å². The van der Waals surface area contributed by atoms with Crippen molar-refractivity contribution in [2.75, 3.05) is 11.4 Å². The minimum Gasteiger partial charge on any atom is -0.361 e. The Kier molecular flexibility index (Phi) is 5.40. The van der Waals surface area contributed by atoms with Crippen LogP contribution in [0.25, 0.3) is 0 Å². The lowest BCUT2D eigenvalue weighted by atomic mass is 10.1. The molecule has 6 heteroatoms. The largest absolute Gasteiger partial charge is 0.361 e. The van der Waals surface area contributed by atoms with E-state index in [-0.39, 0.29) is 11.8 Å². The van der Waals surface area contributed by atoms with Gasteiger partial charge in [-0.15, -0.1) is 0 Å². The van der Waals surface area contributed by atoms with Gasteiger partial charge in [0.05, 0.1) is 0 Å². The number of nitrogens with zero attached hydrogens (tertiary/aromatic N) is 2. The molecule has 1 aromatic heterocycles. The number of hydrogen-bond donors (Lipinski definition) is 1. The average molecular weight is 355 g/mol. The molecule has 0 saturated heterocycles. The van der Waals surface area contributed by atoms with Gasteiger partial charge in [-0.1, -0.05) is 38.1 Å². The van der Waals surface area contributed by atoms with Crippen LogP contribution in [0.4, 0.5) is 5.69 Å². The van der Waals surface area contributed by atoms with Crippen molar-refractivity contribution >= 4 is 17.5 Å². The van der Waals surface area contributed by atoms with E-state index in [0.29, 0.717) is 24.6 Å². The number of carbonyl (C=O) groups excluding carboxylic acids is 2. The van der Waals surface area contributed by atoms with Gasteiger partial charge in [0.15, 0.2) is 5.69 Å². The highest BCUT2D eigenvalue weighted by Crippen LogP contribution is 2.29. The highest BCUT2D eigenvalue weighted by molar-refractivity contribution is 5.95. The molecule has 1 N–H and O–H groups in total. The molecule has 0 radical (unpaired) electrons. The number of hydrogen-bond acceptors (Lipinski definition) is 4. The fraction of sp³-hybridized carbons (Fsp3) is 0.450. The van der Waals surface area contributed by atoms with Crippen molar-refractivity contribution in [3.63, 3.8) is 0 Å². The first-order valence-electron chi connectivity index (χ1n) is 9.14. The van der Waals surface area contributed by atoms with Crippen LogP contribution in [-0.2, 0) is 24.2 Å². The quantitative estimate of drug-likeness (QED) is 0.864. The van der Waals surface area contributed by atoms with Crippen molar-refractivity contribution in [2.24, 2.45) is 5.92 Å². The first kappa shape index (κ1) is 18.2. The second-order valence-corrected chi connectivity index (χ2v) is 7.07. The van der Waals surface area contributed by atoms with Crippen LogP contribution in [0.3, 0.4) is 0 Å². The lowest BCUT2D eigenvalue weighted by molar-refractivity contribution is -0.118. The predicted octanol–water partition coefficient (Wildman–Crippen LogP) is 3.10. The maximum atomic E-state index is 12.2. The van der Waals surface area contributed by atoms with Crippen molar-refractivity contribution in [2.45, 2.75) is 46.6 Å². The Bertz CT molecular complexity index is 810. The van der Waals surface area contributed by atoms with Crippen LogP contribution >= 0.6 is 0 Å².